The molecular weight excluding hydrogens is 270 g/mol. The minimum absolute atomic E-state index is 0.0971. The normalized spacial score (nSPS) is 11.7. The third-order valence-corrected chi connectivity index (χ3v) is 4.89. The Morgan fingerprint density at radius 2 is 1.55 bits per heavy atom. The summed E-state index contributed by atoms with van der Waals surface area (Å²) in [7, 11) is -3.56. The van der Waals surface area contributed by atoms with Gasteiger partial charge in [0.25, 0.3) is 0 Å². The van der Waals surface area contributed by atoms with Crippen LogP contribution in [0, 0.1) is 6.92 Å². The third kappa shape index (κ3) is 2.08. The molecule has 0 bridgehead atoms. The molecule has 0 saturated carbocycles. The number of aromatic nitrogens is 1. The van der Waals surface area contributed by atoms with Gasteiger partial charge >= 0.3 is 0 Å². The lowest BCUT2D eigenvalue weighted by molar-refractivity contribution is 0.592. The first-order valence-corrected chi connectivity index (χ1v) is 7.74. The summed E-state index contributed by atoms with van der Waals surface area (Å²) >= 11 is 0. The van der Waals surface area contributed by atoms with Gasteiger partial charge in [0.2, 0.25) is 9.84 Å². The van der Waals surface area contributed by atoms with E-state index in [1.807, 2.05) is 31.2 Å². The number of nitrogens with zero attached hydrogens (tertiary/aromatic N) is 1. The van der Waals surface area contributed by atoms with E-state index in [4.69, 9.17) is 0 Å². The van der Waals surface area contributed by atoms with Crippen molar-refractivity contribution in [2.75, 3.05) is 0 Å². The summed E-state index contributed by atoms with van der Waals surface area (Å²) in [6.45, 7) is 1.83. The minimum Gasteiger partial charge on any atom is -0.241 e. The SMILES string of the molecule is Cc1nc(S(=O)(=O)c2ccccc2)cc2ccccc12. The summed E-state index contributed by atoms with van der Waals surface area (Å²) < 4.78 is 25.1. The topological polar surface area (TPSA) is 47.0 Å². The van der Waals surface area contributed by atoms with Crippen molar-refractivity contribution in [2.45, 2.75) is 16.8 Å². The number of sulfone groups is 1. The van der Waals surface area contributed by atoms with E-state index in [2.05, 4.69) is 4.98 Å². The fourth-order valence-electron chi connectivity index (χ4n) is 2.20. The van der Waals surface area contributed by atoms with Crippen molar-refractivity contribution in [3.8, 4) is 0 Å². The van der Waals surface area contributed by atoms with Crippen molar-refractivity contribution in [2.24, 2.45) is 0 Å². The number of rotatable bonds is 2. The quantitative estimate of drug-likeness (QED) is 0.724. The molecule has 4 heteroatoms. The van der Waals surface area contributed by atoms with Crippen LogP contribution in [0.25, 0.3) is 10.8 Å². The van der Waals surface area contributed by atoms with E-state index in [0.29, 0.717) is 0 Å². The maximum Gasteiger partial charge on any atom is 0.223 e. The first-order chi connectivity index (χ1) is 9.59. The van der Waals surface area contributed by atoms with Crippen LogP contribution in [-0.2, 0) is 9.84 Å². The highest BCUT2D eigenvalue weighted by atomic mass is 32.2. The molecule has 0 amide bonds. The Kier molecular flexibility index (Phi) is 3.03. The maximum atomic E-state index is 12.6. The molecule has 0 radical (unpaired) electrons. The minimum atomic E-state index is -3.56. The molecule has 0 aliphatic rings. The van der Waals surface area contributed by atoms with Gasteiger partial charge in [0, 0.05) is 11.1 Å². The Morgan fingerprint density at radius 3 is 2.30 bits per heavy atom. The van der Waals surface area contributed by atoms with Crippen molar-refractivity contribution in [3.63, 3.8) is 0 Å². The van der Waals surface area contributed by atoms with Crippen molar-refractivity contribution in [1.82, 2.24) is 4.98 Å². The monoisotopic (exact) mass is 283 g/mol. The average Bonchev–Trinajstić information content (AvgIpc) is 2.48. The van der Waals surface area contributed by atoms with Gasteiger partial charge in [0.15, 0.2) is 5.03 Å². The molecular formula is C16H13NO2S. The highest BCUT2D eigenvalue weighted by Crippen LogP contribution is 2.24. The molecule has 0 aliphatic carbocycles. The molecule has 100 valence electrons. The summed E-state index contributed by atoms with van der Waals surface area (Å²) in [4.78, 5) is 4.53. The number of hydrogen-bond donors (Lipinski definition) is 0. The van der Waals surface area contributed by atoms with Gasteiger partial charge in [-0.2, -0.15) is 0 Å². The molecule has 2 aromatic carbocycles. The zero-order valence-corrected chi connectivity index (χ0v) is 11.8. The van der Waals surface area contributed by atoms with Crippen LogP contribution in [-0.4, -0.2) is 13.4 Å². The summed E-state index contributed by atoms with van der Waals surface area (Å²) in [5, 5.41) is 1.95. The third-order valence-electron chi connectivity index (χ3n) is 3.24. The Hall–Kier alpha value is -2.20. The fraction of sp³-hybridized carbons (Fsp3) is 0.0625. The van der Waals surface area contributed by atoms with Gasteiger partial charge in [-0.05, 0) is 30.5 Å². The van der Waals surface area contributed by atoms with Crippen LogP contribution in [0.15, 0.2) is 70.6 Å². The molecule has 0 unspecified atom stereocenters. The number of hydrogen-bond acceptors (Lipinski definition) is 3. The summed E-state index contributed by atoms with van der Waals surface area (Å²) in [5.41, 5.74) is 0.720. The summed E-state index contributed by atoms with van der Waals surface area (Å²) in [6.07, 6.45) is 0. The highest BCUT2D eigenvalue weighted by molar-refractivity contribution is 7.91. The van der Waals surface area contributed by atoms with Crippen LogP contribution < -0.4 is 0 Å². The largest absolute Gasteiger partial charge is 0.241 e. The average molecular weight is 283 g/mol. The van der Waals surface area contributed by atoms with Crippen LogP contribution in [0.1, 0.15) is 5.69 Å². The van der Waals surface area contributed by atoms with E-state index < -0.39 is 9.84 Å². The summed E-state index contributed by atoms with van der Waals surface area (Å²) in [6, 6.07) is 17.7. The zero-order chi connectivity index (χ0) is 14.2. The molecule has 1 heterocycles. The molecule has 3 rings (SSSR count). The van der Waals surface area contributed by atoms with Crippen molar-refractivity contribution < 1.29 is 8.42 Å². The van der Waals surface area contributed by atoms with Crippen LogP contribution in [0.3, 0.4) is 0 Å². The second kappa shape index (κ2) is 4.72. The lowest BCUT2D eigenvalue weighted by Crippen LogP contribution is -2.05. The lowest BCUT2D eigenvalue weighted by atomic mass is 10.1. The van der Waals surface area contributed by atoms with E-state index in [-0.39, 0.29) is 9.92 Å². The first-order valence-electron chi connectivity index (χ1n) is 6.25. The van der Waals surface area contributed by atoms with Gasteiger partial charge in [-0.15, -0.1) is 0 Å². The van der Waals surface area contributed by atoms with Gasteiger partial charge in [0.05, 0.1) is 4.90 Å². The van der Waals surface area contributed by atoms with Crippen molar-refractivity contribution in [1.29, 1.82) is 0 Å². The van der Waals surface area contributed by atoms with Gasteiger partial charge in [-0.1, -0.05) is 42.5 Å². The number of pyridine rings is 1. The molecule has 0 fully saturated rings. The Labute approximate surface area is 117 Å². The molecule has 0 aliphatic heterocycles. The number of aryl methyl sites for hydroxylation is 1. The standard InChI is InChI=1S/C16H13NO2S/c1-12-15-10-6-5-7-13(15)11-16(17-12)20(18,19)14-8-3-2-4-9-14/h2-11H,1H3. The van der Waals surface area contributed by atoms with Crippen molar-refractivity contribution >= 4 is 20.6 Å². The number of fused-ring (bicyclic) bond motifs is 1. The van der Waals surface area contributed by atoms with E-state index in [9.17, 15) is 8.42 Å². The predicted molar refractivity (Wildman–Crippen MR) is 78.4 cm³/mol. The highest BCUT2D eigenvalue weighted by Gasteiger charge is 2.19. The van der Waals surface area contributed by atoms with E-state index in [1.165, 1.54) is 0 Å². The molecule has 0 atom stereocenters. The zero-order valence-electron chi connectivity index (χ0n) is 10.9. The molecule has 1 aromatic heterocycles. The second-order valence-corrected chi connectivity index (χ2v) is 6.48. The summed E-state index contributed by atoms with van der Waals surface area (Å²) in [5.74, 6) is 0. The molecule has 0 N–H and O–H groups in total. The molecule has 20 heavy (non-hydrogen) atoms. The molecule has 0 spiro atoms. The maximum absolute atomic E-state index is 12.6. The second-order valence-electron chi connectivity index (χ2n) is 4.58. The Balaban J connectivity index is 2.25. The van der Waals surface area contributed by atoms with E-state index in [1.54, 1.807) is 36.4 Å². The number of benzene rings is 2. The van der Waals surface area contributed by atoms with Gasteiger partial charge < -0.3 is 0 Å². The Bertz CT molecular complexity index is 871. The molecule has 3 nitrogen and oxygen atoms in total. The van der Waals surface area contributed by atoms with Gasteiger partial charge in [-0.25, -0.2) is 13.4 Å². The van der Waals surface area contributed by atoms with Gasteiger partial charge in [0.1, 0.15) is 0 Å². The van der Waals surface area contributed by atoms with E-state index in [0.717, 1.165) is 16.5 Å². The van der Waals surface area contributed by atoms with Crippen LogP contribution in [0.5, 0.6) is 0 Å². The van der Waals surface area contributed by atoms with Gasteiger partial charge in [-0.3, -0.25) is 0 Å². The van der Waals surface area contributed by atoms with Crippen molar-refractivity contribution in [3.05, 3.63) is 66.4 Å². The van der Waals surface area contributed by atoms with Crippen LogP contribution >= 0.6 is 0 Å². The van der Waals surface area contributed by atoms with Crippen LogP contribution in [0.4, 0.5) is 0 Å². The van der Waals surface area contributed by atoms with Crippen LogP contribution in [0.2, 0.25) is 0 Å². The lowest BCUT2D eigenvalue weighted by Gasteiger charge is -2.07. The van der Waals surface area contributed by atoms with E-state index >= 15 is 0 Å². The smallest absolute Gasteiger partial charge is 0.223 e. The Morgan fingerprint density at radius 1 is 0.900 bits per heavy atom. The fourth-order valence-corrected chi connectivity index (χ4v) is 3.50. The predicted octanol–water partition coefficient (Wildman–Crippen LogP) is 3.38. The first kappa shape index (κ1) is 12.8. The molecule has 3 aromatic rings. The molecule has 0 saturated heterocycles.